The summed E-state index contributed by atoms with van der Waals surface area (Å²) in [6.45, 7) is 8.43. The van der Waals surface area contributed by atoms with E-state index >= 15 is 0 Å². The zero-order valence-electron chi connectivity index (χ0n) is 18.9. The predicted octanol–water partition coefficient (Wildman–Crippen LogP) is 5.60. The van der Waals surface area contributed by atoms with Crippen LogP contribution >= 0.6 is 23.4 Å². The summed E-state index contributed by atoms with van der Waals surface area (Å²) in [7, 11) is 0. The highest BCUT2D eigenvalue weighted by Gasteiger charge is 2.29. The number of rotatable bonds is 11. The number of nitrogens with zero attached hydrogens (tertiary/aromatic N) is 1. The first-order chi connectivity index (χ1) is 14.9. The van der Waals surface area contributed by atoms with Crippen molar-refractivity contribution in [3.05, 3.63) is 70.2 Å². The maximum Gasteiger partial charge on any atom is 0.243 e. The molecular formula is C25H33ClN2O2S. The third-order valence-electron chi connectivity index (χ3n) is 5.43. The molecule has 0 unspecified atom stereocenters. The highest BCUT2D eigenvalue weighted by molar-refractivity contribution is 7.99. The molecule has 2 amide bonds. The second-order valence-electron chi connectivity index (χ2n) is 7.77. The molecule has 168 valence electrons. The fourth-order valence-corrected chi connectivity index (χ4v) is 4.47. The molecule has 0 saturated heterocycles. The van der Waals surface area contributed by atoms with E-state index in [0.29, 0.717) is 29.5 Å². The summed E-state index contributed by atoms with van der Waals surface area (Å²) in [5.41, 5.74) is 3.18. The Hall–Kier alpha value is -1.98. The van der Waals surface area contributed by atoms with Crippen LogP contribution in [0.4, 0.5) is 0 Å². The molecule has 1 N–H and O–H groups in total. The van der Waals surface area contributed by atoms with Gasteiger partial charge in [-0.1, -0.05) is 67.9 Å². The molecule has 0 aromatic heterocycles. The van der Waals surface area contributed by atoms with Crippen LogP contribution in [0.2, 0.25) is 5.02 Å². The van der Waals surface area contributed by atoms with Crippen LogP contribution in [0.25, 0.3) is 0 Å². The number of carbonyl (C=O) groups excluding carboxylic acids is 2. The van der Waals surface area contributed by atoms with Gasteiger partial charge in [0.2, 0.25) is 11.8 Å². The Balaban J connectivity index is 2.16. The van der Waals surface area contributed by atoms with E-state index in [0.717, 1.165) is 23.1 Å². The molecule has 0 spiro atoms. The van der Waals surface area contributed by atoms with Gasteiger partial charge < -0.3 is 10.2 Å². The molecule has 0 bridgehead atoms. The molecule has 6 heteroatoms. The van der Waals surface area contributed by atoms with Gasteiger partial charge in [0, 0.05) is 23.4 Å². The largest absolute Gasteiger partial charge is 0.352 e. The number of nitrogens with one attached hydrogen (secondary N) is 1. The summed E-state index contributed by atoms with van der Waals surface area (Å²) in [6, 6.07) is 15.3. The standard InChI is InChI=1S/C25H33ClN2O2S/c1-5-19(4)27-25(30)23(6-2)28(15-20-12-8-7-11-18(20)3)24(29)17-31-16-21-13-9-10-14-22(21)26/h7-14,19,23H,5-6,15-17H2,1-4H3,(H,27,30)/t19-,23+/m1/s1. The zero-order valence-corrected chi connectivity index (χ0v) is 20.4. The van der Waals surface area contributed by atoms with Crippen molar-refractivity contribution in [1.29, 1.82) is 0 Å². The fraction of sp³-hybridized carbons (Fsp3) is 0.440. The second kappa shape index (κ2) is 12.8. The number of aryl methyl sites for hydroxylation is 1. The third kappa shape index (κ3) is 7.58. The van der Waals surface area contributed by atoms with E-state index in [4.69, 9.17) is 11.6 Å². The zero-order chi connectivity index (χ0) is 22.8. The molecule has 0 radical (unpaired) electrons. The van der Waals surface area contributed by atoms with Crippen molar-refractivity contribution in [2.75, 3.05) is 5.75 Å². The first-order valence-corrected chi connectivity index (χ1v) is 12.4. The summed E-state index contributed by atoms with van der Waals surface area (Å²) in [5.74, 6) is 0.824. The normalized spacial score (nSPS) is 12.8. The predicted molar refractivity (Wildman–Crippen MR) is 131 cm³/mol. The van der Waals surface area contributed by atoms with Crippen molar-refractivity contribution in [2.24, 2.45) is 0 Å². The Morgan fingerprint density at radius 1 is 1.03 bits per heavy atom. The van der Waals surface area contributed by atoms with Gasteiger partial charge in [0.15, 0.2) is 0 Å². The maximum atomic E-state index is 13.3. The molecule has 4 nitrogen and oxygen atoms in total. The summed E-state index contributed by atoms with van der Waals surface area (Å²) < 4.78 is 0. The topological polar surface area (TPSA) is 49.4 Å². The van der Waals surface area contributed by atoms with Crippen LogP contribution in [0, 0.1) is 6.92 Å². The maximum absolute atomic E-state index is 13.3. The Labute approximate surface area is 195 Å². The van der Waals surface area contributed by atoms with Crippen LogP contribution in [-0.4, -0.2) is 34.6 Å². The van der Waals surface area contributed by atoms with Gasteiger partial charge in [-0.25, -0.2) is 0 Å². The van der Waals surface area contributed by atoms with E-state index < -0.39 is 6.04 Å². The van der Waals surface area contributed by atoms with Gasteiger partial charge in [0.25, 0.3) is 0 Å². The van der Waals surface area contributed by atoms with Crippen molar-refractivity contribution in [1.82, 2.24) is 10.2 Å². The van der Waals surface area contributed by atoms with Crippen LogP contribution in [0.3, 0.4) is 0 Å². The average Bonchev–Trinajstić information content (AvgIpc) is 2.76. The number of halogens is 1. The van der Waals surface area contributed by atoms with Gasteiger partial charge in [-0.15, -0.1) is 11.8 Å². The van der Waals surface area contributed by atoms with Crippen molar-refractivity contribution < 1.29 is 9.59 Å². The Kier molecular flexibility index (Phi) is 10.4. The summed E-state index contributed by atoms with van der Waals surface area (Å²) in [4.78, 5) is 28.0. The first kappa shape index (κ1) is 25.3. The van der Waals surface area contributed by atoms with Crippen LogP contribution in [0.1, 0.15) is 50.3 Å². The summed E-state index contributed by atoms with van der Waals surface area (Å²) in [6.07, 6.45) is 1.41. The number of hydrogen-bond acceptors (Lipinski definition) is 3. The smallest absolute Gasteiger partial charge is 0.243 e. The second-order valence-corrected chi connectivity index (χ2v) is 9.17. The van der Waals surface area contributed by atoms with Gasteiger partial charge in [0.05, 0.1) is 5.75 Å². The van der Waals surface area contributed by atoms with E-state index in [2.05, 4.69) is 5.32 Å². The highest BCUT2D eigenvalue weighted by atomic mass is 35.5. The average molecular weight is 461 g/mol. The van der Waals surface area contributed by atoms with Crippen LogP contribution in [0.5, 0.6) is 0 Å². The molecule has 0 saturated carbocycles. The van der Waals surface area contributed by atoms with Crippen molar-refractivity contribution in [2.45, 2.75) is 64.9 Å². The molecule has 0 aliphatic carbocycles. The van der Waals surface area contributed by atoms with Crippen LogP contribution < -0.4 is 5.32 Å². The number of carbonyl (C=O) groups is 2. The number of thioether (sulfide) groups is 1. The minimum Gasteiger partial charge on any atom is -0.352 e. The van der Waals surface area contributed by atoms with Crippen LogP contribution in [0.15, 0.2) is 48.5 Å². The molecule has 31 heavy (non-hydrogen) atoms. The molecule has 2 rings (SSSR count). The van der Waals surface area contributed by atoms with E-state index in [1.54, 1.807) is 4.90 Å². The van der Waals surface area contributed by atoms with Gasteiger partial charge >= 0.3 is 0 Å². The van der Waals surface area contributed by atoms with Crippen LogP contribution in [-0.2, 0) is 21.9 Å². The lowest BCUT2D eigenvalue weighted by Crippen LogP contribution is -2.51. The minimum absolute atomic E-state index is 0.0357. The number of amides is 2. The highest BCUT2D eigenvalue weighted by Crippen LogP contribution is 2.22. The molecule has 2 aromatic rings. The lowest BCUT2D eigenvalue weighted by Gasteiger charge is -2.32. The molecule has 2 aromatic carbocycles. The summed E-state index contributed by atoms with van der Waals surface area (Å²) >= 11 is 7.76. The SMILES string of the molecule is CC[C@@H](C)NC(=O)[C@H](CC)N(Cc1ccccc1C)C(=O)CSCc1ccccc1Cl. The number of benzene rings is 2. The quantitative estimate of drug-likeness (QED) is 0.474. The number of hydrogen-bond donors (Lipinski definition) is 1. The van der Waals surface area contributed by atoms with E-state index in [1.165, 1.54) is 11.8 Å². The molecule has 0 aliphatic rings. The Bertz CT molecular complexity index is 874. The Morgan fingerprint density at radius 2 is 1.68 bits per heavy atom. The van der Waals surface area contributed by atoms with E-state index in [1.807, 2.05) is 76.2 Å². The first-order valence-electron chi connectivity index (χ1n) is 10.8. The minimum atomic E-state index is -0.498. The lowest BCUT2D eigenvalue weighted by molar-refractivity contribution is -0.139. The van der Waals surface area contributed by atoms with E-state index in [9.17, 15) is 9.59 Å². The molecule has 0 heterocycles. The summed E-state index contributed by atoms with van der Waals surface area (Å²) in [5, 5.41) is 3.76. The van der Waals surface area contributed by atoms with Gasteiger partial charge in [-0.05, 0) is 49.4 Å². The van der Waals surface area contributed by atoms with Crippen molar-refractivity contribution in [3.63, 3.8) is 0 Å². The fourth-order valence-electron chi connectivity index (χ4n) is 3.28. The van der Waals surface area contributed by atoms with Gasteiger partial charge in [0.1, 0.15) is 6.04 Å². The van der Waals surface area contributed by atoms with E-state index in [-0.39, 0.29) is 17.9 Å². The third-order valence-corrected chi connectivity index (χ3v) is 6.76. The van der Waals surface area contributed by atoms with Gasteiger partial charge in [-0.3, -0.25) is 9.59 Å². The van der Waals surface area contributed by atoms with Crippen molar-refractivity contribution >= 4 is 35.2 Å². The molecule has 2 atom stereocenters. The monoisotopic (exact) mass is 460 g/mol. The lowest BCUT2D eigenvalue weighted by atomic mass is 10.1. The molecule has 0 aliphatic heterocycles. The van der Waals surface area contributed by atoms with Crippen molar-refractivity contribution in [3.8, 4) is 0 Å². The molecular weight excluding hydrogens is 428 g/mol. The molecule has 0 fully saturated rings. The van der Waals surface area contributed by atoms with Gasteiger partial charge in [-0.2, -0.15) is 0 Å². The Morgan fingerprint density at radius 3 is 2.29 bits per heavy atom.